The highest BCUT2D eigenvalue weighted by Crippen LogP contribution is 2.24. The zero-order valence-electron chi connectivity index (χ0n) is 15.6. The summed E-state index contributed by atoms with van der Waals surface area (Å²) in [6, 6.07) is 15.5. The molecule has 1 aromatic carbocycles. The number of hydrogen-bond acceptors (Lipinski definition) is 5. The number of pyridine rings is 1. The summed E-state index contributed by atoms with van der Waals surface area (Å²) in [6.45, 7) is 1.60. The van der Waals surface area contributed by atoms with Gasteiger partial charge in [0.1, 0.15) is 5.82 Å². The fourth-order valence-corrected chi connectivity index (χ4v) is 3.61. The minimum absolute atomic E-state index is 0.0113. The Kier molecular flexibility index (Phi) is 5.56. The van der Waals surface area contributed by atoms with Gasteiger partial charge < -0.3 is 10.2 Å². The molecule has 1 fully saturated rings. The van der Waals surface area contributed by atoms with Gasteiger partial charge in [-0.2, -0.15) is 0 Å². The summed E-state index contributed by atoms with van der Waals surface area (Å²) < 4.78 is 0. The Bertz CT molecular complexity index is 841. The first kappa shape index (κ1) is 18.1. The zero-order chi connectivity index (χ0) is 19.2. The number of nitrogens with one attached hydrogen (secondary N) is 1. The zero-order valence-corrected chi connectivity index (χ0v) is 15.6. The third-order valence-corrected chi connectivity index (χ3v) is 5.14. The second kappa shape index (κ2) is 8.61. The van der Waals surface area contributed by atoms with E-state index in [1.54, 1.807) is 24.8 Å². The van der Waals surface area contributed by atoms with Crippen LogP contribution < -0.4 is 10.2 Å². The van der Waals surface area contributed by atoms with Gasteiger partial charge >= 0.3 is 0 Å². The molecular weight excluding hydrogens is 350 g/mol. The lowest BCUT2D eigenvalue weighted by atomic mass is 9.94. The summed E-state index contributed by atoms with van der Waals surface area (Å²) in [5, 5.41) is 3.23. The Balaban J connectivity index is 1.44. The van der Waals surface area contributed by atoms with Gasteiger partial charge in [0.2, 0.25) is 5.91 Å². The molecule has 28 heavy (non-hydrogen) atoms. The molecule has 0 radical (unpaired) electrons. The van der Waals surface area contributed by atoms with Gasteiger partial charge in [-0.1, -0.05) is 36.4 Å². The number of carbonyl (C=O) groups excluding carboxylic acids is 1. The number of nitrogens with zero attached hydrogens (tertiary/aromatic N) is 4. The second-order valence-electron chi connectivity index (χ2n) is 6.93. The van der Waals surface area contributed by atoms with Gasteiger partial charge in [0, 0.05) is 37.6 Å². The number of aromatic nitrogens is 3. The van der Waals surface area contributed by atoms with Gasteiger partial charge in [-0.3, -0.25) is 14.8 Å². The lowest BCUT2D eigenvalue weighted by molar-refractivity contribution is -0.126. The highest BCUT2D eigenvalue weighted by Gasteiger charge is 2.28. The van der Waals surface area contributed by atoms with Gasteiger partial charge in [-0.15, -0.1) is 0 Å². The van der Waals surface area contributed by atoms with Crippen LogP contribution in [0.15, 0.2) is 73.3 Å². The number of hydrogen-bond donors (Lipinski definition) is 1. The van der Waals surface area contributed by atoms with Crippen molar-refractivity contribution in [3.8, 4) is 0 Å². The van der Waals surface area contributed by atoms with E-state index in [1.165, 1.54) is 0 Å². The fraction of sp³-hybridized carbons (Fsp3) is 0.273. The number of benzene rings is 1. The number of rotatable bonds is 5. The Morgan fingerprint density at radius 2 is 1.75 bits per heavy atom. The predicted molar refractivity (Wildman–Crippen MR) is 108 cm³/mol. The highest BCUT2D eigenvalue weighted by atomic mass is 16.2. The molecule has 1 unspecified atom stereocenters. The van der Waals surface area contributed by atoms with E-state index in [-0.39, 0.29) is 17.9 Å². The molecule has 1 amide bonds. The van der Waals surface area contributed by atoms with E-state index in [0.717, 1.165) is 43.0 Å². The van der Waals surface area contributed by atoms with Crippen molar-refractivity contribution in [2.24, 2.45) is 5.92 Å². The van der Waals surface area contributed by atoms with Crippen LogP contribution in [-0.4, -0.2) is 33.9 Å². The van der Waals surface area contributed by atoms with Gasteiger partial charge in [-0.25, -0.2) is 4.98 Å². The molecule has 3 heterocycles. The molecule has 1 saturated heterocycles. The molecule has 6 nitrogen and oxygen atoms in total. The Labute approximate surface area is 164 Å². The third kappa shape index (κ3) is 4.17. The van der Waals surface area contributed by atoms with Gasteiger partial charge in [0.05, 0.1) is 17.9 Å². The van der Waals surface area contributed by atoms with Crippen LogP contribution in [0, 0.1) is 5.92 Å². The molecule has 4 rings (SSSR count). The maximum Gasteiger partial charge on any atom is 0.224 e. The summed E-state index contributed by atoms with van der Waals surface area (Å²) >= 11 is 0. The van der Waals surface area contributed by atoms with Crippen LogP contribution in [0.3, 0.4) is 0 Å². The summed E-state index contributed by atoms with van der Waals surface area (Å²) in [5.74, 6) is 0.943. The maximum absolute atomic E-state index is 13.0. The summed E-state index contributed by atoms with van der Waals surface area (Å²) in [4.78, 5) is 28.1. The molecule has 1 atom stereocenters. The number of amides is 1. The van der Waals surface area contributed by atoms with Crippen molar-refractivity contribution < 1.29 is 4.79 Å². The third-order valence-electron chi connectivity index (χ3n) is 5.14. The Morgan fingerprint density at radius 1 is 0.964 bits per heavy atom. The summed E-state index contributed by atoms with van der Waals surface area (Å²) in [7, 11) is 0. The minimum Gasteiger partial charge on any atom is -0.355 e. The van der Waals surface area contributed by atoms with Crippen LogP contribution in [0.2, 0.25) is 0 Å². The van der Waals surface area contributed by atoms with E-state index in [0.29, 0.717) is 0 Å². The van der Waals surface area contributed by atoms with E-state index in [4.69, 9.17) is 0 Å². The summed E-state index contributed by atoms with van der Waals surface area (Å²) in [5.41, 5.74) is 1.88. The molecule has 142 valence electrons. The second-order valence-corrected chi connectivity index (χ2v) is 6.93. The van der Waals surface area contributed by atoms with E-state index < -0.39 is 0 Å². The molecule has 0 saturated carbocycles. The average Bonchev–Trinajstić information content (AvgIpc) is 2.79. The molecule has 6 heteroatoms. The maximum atomic E-state index is 13.0. The van der Waals surface area contributed by atoms with E-state index in [1.807, 2.05) is 48.5 Å². The molecule has 3 aromatic rings. The van der Waals surface area contributed by atoms with E-state index >= 15 is 0 Å². The Hall–Kier alpha value is -3.28. The number of piperidine rings is 1. The van der Waals surface area contributed by atoms with Crippen LogP contribution >= 0.6 is 0 Å². The van der Waals surface area contributed by atoms with Crippen molar-refractivity contribution in [1.29, 1.82) is 0 Å². The minimum atomic E-state index is -0.243. The quantitative estimate of drug-likeness (QED) is 0.744. The predicted octanol–water partition coefficient (Wildman–Crippen LogP) is 2.99. The smallest absolute Gasteiger partial charge is 0.224 e. The van der Waals surface area contributed by atoms with Crippen molar-refractivity contribution in [1.82, 2.24) is 20.3 Å². The molecule has 1 aliphatic heterocycles. The molecule has 2 aromatic heterocycles. The molecule has 0 spiro atoms. The number of carbonyl (C=O) groups is 1. The molecule has 0 aliphatic carbocycles. The fourth-order valence-electron chi connectivity index (χ4n) is 3.61. The van der Waals surface area contributed by atoms with Crippen molar-refractivity contribution in [2.45, 2.75) is 18.9 Å². The van der Waals surface area contributed by atoms with Crippen molar-refractivity contribution in [2.75, 3.05) is 18.0 Å². The molecule has 0 bridgehead atoms. The van der Waals surface area contributed by atoms with Crippen LogP contribution in [-0.2, 0) is 4.79 Å². The average molecular weight is 373 g/mol. The summed E-state index contributed by atoms with van der Waals surface area (Å²) in [6.07, 6.45) is 8.50. The molecule has 1 aliphatic rings. The van der Waals surface area contributed by atoms with Gasteiger partial charge in [0.25, 0.3) is 0 Å². The van der Waals surface area contributed by atoms with Crippen molar-refractivity contribution in [3.05, 3.63) is 84.6 Å². The highest BCUT2D eigenvalue weighted by molar-refractivity contribution is 5.79. The number of anilines is 1. The van der Waals surface area contributed by atoms with Crippen molar-refractivity contribution in [3.63, 3.8) is 0 Å². The largest absolute Gasteiger partial charge is 0.355 e. The van der Waals surface area contributed by atoms with Crippen LogP contribution in [0.1, 0.15) is 30.1 Å². The Morgan fingerprint density at radius 3 is 2.43 bits per heavy atom. The normalized spacial score (nSPS) is 15.8. The lowest BCUT2D eigenvalue weighted by Gasteiger charge is -2.32. The molecular formula is C22H23N5O. The van der Waals surface area contributed by atoms with Gasteiger partial charge in [-0.05, 0) is 30.5 Å². The molecule has 1 N–H and O–H groups in total. The monoisotopic (exact) mass is 373 g/mol. The lowest BCUT2D eigenvalue weighted by Crippen LogP contribution is -2.42. The standard InChI is InChI=1S/C22H23N5O/c28-22(18-9-14-27(15-10-18)20-16-23-12-13-25-20)26-21(17-6-2-1-3-7-17)19-8-4-5-11-24-19/h1-8,11-13,16,18,21H,9-10,14-15H2,(H,26,28). The van der Waals surface area contributed by atoms with E-state index in [9.17, 15) is 4.79 Å². The first-order valence-corrected chi connectivity index (χ1v) is 9.58. The van der Waals surface area contributed by atoms with Crippen molar-refractivity contribution >= 4 is 11.7 Å². The first-order chi connectivity index (χ1) is 13.8. The topological polar surface area (TPSA) is 71.0 Å². The van der Waals surface area contributed by atoms with Crippen LogP contribution in [0.5, 0.6) is 0 Å². The van der Waals surface area contributed by atoms with Crippen LogP contribution in [0.4, 0.5) is 5.82 Å². The van der Waals surface area contributed by atoms with Crippen LogP contribution in [0.25, 0.3) is 0 Å². The SMILES string of the molecule is O=C(NC(c1ccccc1)c1ccccn1)C1CCN(c2cnccn2)CC1. The van der Waals surface area contributed by atoms with Gasteiger partial charge in [0.15, 0.2) is 0 Å². The van der Waals surface area contributed by atoms with E-state index in [2.05, 4.69) is 25.2 Å². The first-order valence-electron chi connectivity index (χ1n) is 9.58.